The summed E-state index contributed by atoms with van der Waals surface area (Å²) >= 11 is 0. The van der Waals surface area contributed by atoms with Gasteiger partial charge in [-0.05, 0) is 50.5 Å². The summed E-state index contributed by atoms with van der Waals surface area (Å²) in [5.74, 6) is -0.217. The molecule has 166 valence electrons. The minimum absolute atomic E-state index is 0.0434. The van der Waals surface area contributed by atoms with Gasteiger partial charge in [0.15, 0.2) is 5.60 Å². The van der Waals surface area contributed by atoms with Crippen LogP contribution >= 0.6 is 0 Å². The summed E-state index contributed by atoms with van der Waals surface area (Å²) in [6.07, 6.45) is 2.91. The molecular weight excluding hydrogens is 392 g/mol. The van der Waals surface area contributed by atoms with Crippen LogP contribution in [0.1, 0.15) is 34.7 Å². The lowest BCUT2D eigenvalue weighted by Gasteiger charge is -2.37. The third-order valence-electron chi connectivity index (χ3n) is 6.20. The van der Waals surface area contributed by atoms with Crippen molar-refractivity contribution in [3.05, 3.63) is 64.2 Å². The normalized spacial score (nSPS) is 17.1. The number of rotatable bonds is 5. The summed E-state index contributed by atoms with van der Waals surface area (Å²) in [5.41, 5.74) is 1.63. The first-order valence-electron chi connectivity index (χ1n) is 10.6. The number of amides is 1. The van der Waals surface area contributed by atoms with Crippen LogP contribution in [-0.4, -0.2) is 62.8 Å². The van der Waals surface area contributed by atoms with Crippen molar-refractivity contribution in [2.75, 3.05) is 26.2 Å². The highest BCUT2D eigenvalue weighted by molar-refractivity contribution is 5.88. The largest absolute Gasteiger partial charge is 0.507 e. The summed E-state index contributed by atoms with van der Waals surface area (Å²) in [5, 5.41) is 31.6. The molecule has 1 unspecified atom stereocenters. The third kappa shape index (κ3) is 4.92. The maximum absolute atomic E-state index is 13.0. The highest BCUT2D eigenvalue weighted by atomic mass is 16.3. The van der Waals surface area contributed by atoms with Crippen molar-refractivity contribution >= 4 is 12.0 Å². The summed E-state index contributed by atoms with van der Waals surface area (Å²) < 4.78 is 0. The fourth-order valence-corrected chi connectivity index (χ4v) is 3.94. The standard InChI is InChI=1S/C25H32N2O4/c1-17-18(2)23(29)21(19(3)22(17)28)10-11-25(4,31)24(30)27-14-12-26(13-15-27)16-20-8-6-5-7-9-20/h5-11,28-29,31H,12-16H2,1-4H3. The number of phenols is 2. The molecule has 0 aliphatic carbocycles. The summed E-state index contributed by atoms with van der Waals surface area (Å²) in [6.45, 7) is 10.0. The van der Waals surface area contributed by atoms with Gasteiger partial charge in [-0.15, -0.1) is 0 Å². The Bertz CT molecular complexity index is 946. The molecule has 1 aliphatic heterocycles. The number of nitrogens with zero attached hydrogens (tertiary/aromatic N) is 2. The maximum atomic E-state index is 13.0. The van der Waals surface area contributed by atoms with Gasteiger partial charge in [0.25, 0.3) is 5.91 Å². The van der Waals surface area contributed by atoms with Gasteiger partial charge in [-0.25, -0.2) is 0 Å². The number of carbonyl (C=O) groups is 1. The highest BCUT2D eigenvalue weighted by Crippen LogP contribution is 2.37. The van der Waals surface area contributed by atoms with Gasteiger partial charge in [0, 0.05) is 43.9 Å². The van der Waals surface area contributed by atoms with Gasteiger partial charge in [-0.3, -0.25) is 9.69 Å². The molecule has 1 heterocycles. The summed E-state index contributed by atoms with van der Waals surface area (Å²) in [7, 11) is 0. The molecule has 1 fully saturated rings. The van der Waals surface area contributed by atoms with Crippen molar-refractivity contribution in [1.29, 1.82) is 0 Å². The monoisotopic (exact) mass is 424 g/mol. The van der Waals surface area contributed by atoms with E-state index < -0.39 is 5.60 Å². The Morgan fingerprint density at radius 2 is 1.55 bits per heavy atom. The molecule has 6 heteroatoms. The second kappa shape index (κ2) is 9.12. The number of aromatic hydroxyl groups is 2. The summed E-state index contributed by atoms with van der Waals surface area (Å²) in [6, 6.07) is 10.2. The van der Waals surface area contributed by atoms with Crippen molar-refractivity contribution in [2.45, 2.75) is 39.8 Å². The fraction of sp³-hybridized carbons (Fsp3) is 0.400. The van der Waals surface area contributed by atoms with E-state index in [2.05, 4.69) is 17.0 Å². The first-order chi connectivity index (χ1) is 14.6. The topological polar surface area (TPSA) is 84.2 Å². The van der Waals surface area contributed by atoms with E-state index in [-0.39, 0.29) is 17.4 Å². The van der Waals surface area contributed by atoms with E-state index in [9.17, 15) is 20.1 Å². The number of phenolic OH excluding ortho intramolecular Hbond substituents is 2. The first-order valence-corrected chi connectivity index (χ1v) is 10.6. The molecule has 6 nitrogen and oxygen atoms in total. The number of hydrogen-bond donors (Lipinski definition) is 3. The van der Waals surface area contributed by atoms with Crippen LogP contribution in [0.25, 0.3) is 6.08 Å². The minimum atomic E-state index is -1.71. The van der Waals surface area contributed by atoms with E-state index in [0.717, 1.165) is 19.6 Å². The molecule has 0 saturated carbocycles. The molecule has 0 radical (unpaired) electrons. The third-order valence-corrected chi connectivity index (χ3v) is 6.20. The zero-order chi connectivity index (χ0) is 22.8. The van der Waals surface area contributed by atoms with E-state index >= 15 is 0 Å². The number of aliphatic hydroxyl groups is 1. The van der Waals surface area contributed by atoms with Crippen molar-refractivity contribution in [1.82, 2.24) is 9.80 Å². The van der Waals surface area contributed by atoms with E-state index in [0.29, 0.717) is 35.3 Å². The molecule has 0 bridgehead atoms. The predicted molar refractivity (Wildman–Crippen MR) is 122 cm³/mol. The van der Waals surface area contributed by atoms with Crippen molar-refractivity contribution in [2.24, 2.45) is 0 Å². The van der Waals surface area contributed by atoms with Gasteiger partial charge in [0.2, 0.25) is 0 Å². The minimum Gasteiger partial charge on any atom is -0.507 e. The SMILES string of the molecule is Cc1c(C)c(O)c(C=CC(C)(O)C(=O)N2CCN(Cc3ccccc3)CC2)c(C)c1O. The Labute approximate surface area is 184 Å². The van der Waals surface area contributed by atoms with E-state index in [1.807, 2.05) is 18.2 Å². The Morgan fingerprint density at radius 1 is 0.968 bits per heavy atom. The molecule has 2 aromatic carbocycles. The Balaban J connectivity index is 1.67. The van der Waals surface area contributed by atoms with Crippen LogP contribution in [0.3, 0.4) is 0 Å². The lowest BCUT2D eigenvalue weighted by atomic mass is 9.95. The lowest BCUT2D eigenvalue weighted by molar-refractivity contribution is -0.147. The van der Waals surface area contributed by atoms with Gasteiger partial charge in [0.05, 0.1) is 0 Å². The van der Waals surface area contributed by atoms with Gasteiger partial charge in [-0.1, -0.05) is 36.4 Å². The lowest BCUT2D eigenvalue weighted by Crippen LogP contribution is -2.54. The van der Waals surface area contributed by atoms with Gasteiger partial charge in [0.1, 0.15) is 11.5 Å². The smallest absolute Gasteiger partial charge is 0.258 e. The fourth-order valence-electron chi connectivity index (χ4n) is 3.94. The van der Waals surface area contributed by atoms with Gasteiger partial charge < -0.3 is 20.2 Å². The molecule has 0 aromatic heterocycles. The van der Waals surface area contributed by atoms with Crippen LogP contribution < -0.4 is 0 Å². The van der Waals surface area contributed by atoms with Gasteiger partial charge >= 0.3 is 0 Å². The quantitative estimate of drug-likeness (QED) is 0.643. The number of piperazine rings is 1. The second-order valence-electron chi connectivity index (χ2n) is 8.52. The maximum Gasteiger partial charge on any atom is 0.258 e. The van der Waals surface area contributed by atoms with Crippen LogP contribution in [-0.2, 0) is 11.3 Å². The molecular formula is C25H32N2O4. The summed E-state index contributed by atoms with van der Waals surface area (Å²) in [4.78, 5) is 16.9. The second-order valence-corrected chi connectivity index (χ2v) is 8.52. The molecule has 1 aliphatic rings. The van der Waals surface area contributed by atoms with E-state index in [1.54, 1.807) is 25.7 Å². The molecule has 1 saturated heterocycles. The number of benzene rings is 2. The molecule has 2 aromatic rings. The van der Waals surface area contributed by atoms with Crippen LogP contribution in [0.5, 0.6) is 11.5 Å². The van der Waals surface area contributed by atoms with E-state index in [1.165, 1.54) is 24.6 Å². The highest BCUT2D eigenvalue weighted by Gasteiger charge is 2.33. The molecule has 3 rings (SSSR count). The van der Waals surface area contributed by atoms with Crippen LogP contribution in [0, 0.1) is 20.8 Å². The Kier molecular flexibility index (Phi) is 6.72. The molecule has 3 N–H and O–H groups in total. The average Bonchev–Trinajstić information content (AvgIpc) is 2.77. The number of carbonyl (C=O) groups excluding carboxylic acids is 1. The number of hydrogen-bond acceptors (Lipinski definition) is 5. The molecule has 1 atom stereocenters. The Morgan fingerprint density at radius 3 is 2.16 bits per heavy atom. The molecule has 31 heavy (non-hydrogen) atoms. The Hall–Kier alpha value is -2.83. The van der Waals surface area contributed by atoms with E-state index in [4.69, 9.17) is 0 Å². The van der Waals surface area contributed by atoms with Gasteiger partial charge in [-0.2, -0.15) is 0 Å². The zero-order valence-corrected chi connectivity index (χ0v) is 18.7. The first kappa shape index (κ1) is 22.8. The predicted octanol–water partition coefficient (Wildman–Crippen LogP) is 3.13. The average molecular weight is 425 g/mol. The van der Waals surface area contributed by atoms with Crippen molar-refractivity contribution < 1.29 is 20.1 Å². The zero-order valence-electron chi connectivity index (χ0n) is 18.7. The van der Waals surface area contributed by atoms with Crippen LogP contribution in [0.2, 0.25) is 0 Å². The van der Waals surface area contributed by atoms with Crippen LogP contribution in [0.15, 0.2) is 36.4 Å². The van der Waals surface area contributed by atoms with Crippen molar-refractivity contribution in [3.8, 4) is 11.5 Å². The van der Waals surface area contributed by atoms with Crippen LogP contribution in [0.4, 0.5) is 0 Å². The molecule has 0 spiro atoms. The molecule has 1 amide bonds. The van der Waals surface area contributed by atoms with Crippen molar-refractivity contribution in [3.63, 3.8) is 0 Å².